The summed E-state index contributed by atoms with van der Waals surface area (Å²) in [6.45, 7) is 2.42. The van der Waals surface area contributed by atoms with Gasteiger partial charge in [-0.1, -0.05) is 72.5 Å². The number of halogens is 1. The lowest BCUT2D eigenvalue weighted by atomic mass is 9.84. The molecule has 31 heavy (non-hydrogen) atoms. The van der Waals surface area contributed by atoms with Crippen molar-refractivity contribution in [1.82, 2.24) is 0 Å². The molecule has 5 heteroatoms. The number of carbonyl (C=O) groups is 1. The Morgan fingerprint density at radius 2 is 1.94 bits per heavy atom. The van der Waals surface area contributed by atoms with Crippen molar-refractivity contribution in [1.29, 1.82) is 0 Å². The van der Waals surface area contributed by atoms with E-state index in [1.807, 2.05) is 6.07 Å². The van der Waals surface area contributed by atoms with Gasteiger partial charge in [0.15, 0.2) is 0 Å². The zero-order chi connectivity index (χ0) is 22.2. The van der Waals surface area contributed by atoms with Crippen LogP contribution in [0, 0.1) is 5.92 Å². The molecular weight excluding hydrogens is 472 g/mol. The number of hydrogen-bond donors (Lipinski definition) is 2. The fourth-order valence-corrected chi connectivity index (χ4v) is 6.33. The van der Waals surface area contributed by atoms with E-state index in [-0.39, 0.29) is 12.5 Å². The van der Waals surface area contributed by atoms with Crippen molar-refractivity contribution in [2.45, 2.75) is 70.1 Å². The SMILES string of the molecule is CCCCCC(CO)c1ccc(C2C(Br)=CC[C@@H]2CCCc2ccc(C(=O)O)s2)cc1. The molecule has 0 spiro atoms. The maximum Gasteiger partial charge on any atom is 0.345 e. The largest absolute Gasteiger partial charge is 0.477 e. The first-order valence-corrected chi connectivity index (χ1v) is 13.0. The average Bonchev–Trinajstić information content (AvgIpc) is 3.39. The fourth-order valence-electron chi connectivity index (χ4n) is 4.61. The lowest BCUT2D eigenvalue weighted by molar-refractivity contribution is 0.0702. The van der Waals surface area contributed by atoms with Gasteiger partial charge in [0, 0.05) is 23.3 Å². The second kappa shape index (κ2) is 12.0. The Labute approximate surface area is 198 Å². The number of carboxylic acids is 1. The molecule has 0 saturated heterocycles. The van der Waals surface area contributed by atoms with Crippen LogP contribution in [0.2, 0.25) is 0 Å². The number of allylic oxidation sites excluding steroid dienone is 2. The van der Waals surface area contributed by atoms with Crippen molar-refractivity contribution in [3.8, 4) is 0 Å². The molecule has 0 radical (unpaired) electrons. The molecule has 1 aliphatic rings. The number of aliphatic hydroxyl groups excluding tert-OH is 1. The van der Waals surface area contributed by atoms with E-state index in [1.165, 1.54) is 46.2 Å². The molecular formula is C26H33BrO3S. The van der Waals surface area contributed by atoms with Gasteiger partial charge in [0.2, 0.25) is 0 Å². The predicted molar refractivity (Wildman–Crippen MR) is 132 cm³/mol. The number of aliphatic hydroxyl groups is 1. The lowest BCUT2D eigenvalue weighted by Crippen LogP contribution is -2.10. The van der Waals surface area contributed by atoms with Crippen molar-refractivity contribution < 1.29 is 15.0 Å². The molecule has 0 fully saturated rings. The Morgan fingerprint density at radius 3 is 2.58 bits per heavy atom. The monoisotopic (exact) mass is 504 g/mol. The third-order valence-electron chi connectivity index (χ3n) is 6.40. The van der Waals surface area contributed by atoms with Crippen LogP contribution in [0.25, 0.3) is 0 Å². The third-order valence-corrected chi connectivity index (χ3v) is 8.35. The number of carboxylic acid groups (broad SMARTS) is 1. The summed E-state index contributed by atoms with van der Waals surface area (Å²) >= 11 is 5.19. The topological polar surface area (TPSA) is 57.5 Å². The summed E-state index contributed by atoms with van der Waals surface area (Å²) < 4.78 is 1.27. The van der Waals surface area contributed by atoms with E-state index in [1.54, 1.807) is 6.07 Å². The maximum absolute atomic E-state index is 11.1. The molecule has 2 aromatic rings. The minimum Gasteiger partial charge on any atom is -0.477 e. The van der Waals surface area contributed by atoms with Gasteiger partial charge in [0.05, 0.1) is 0 Å². The van der Waals surface area contributed by atoms with E-state index in [0.29, 0.717) is 16.7 Å². The van der Waals surface area contributed by atoms with Crippen molar-refractivity contribution >= 4 is 33.2 Å². The van der Waals surface area contributed by atoms with E-state index in [9.17, 15) is 9.90 Å². The molecule has 1 aromatic carbocycles. The molecule has 3 atom stereocenters. The number of thiophene rings is 1. The van der Waals surface area contributed by atoms with E-state index < -0.39 is 5.97 Å². The van der Waals surface area contributed by atoms with Crippen LogP contribution in [0.4, 0.5) is 0 Å². The van der Waals surface area contributed by atoms with Crippen LogP contribution < -0.4 is 0 Å². The van der Waals surface area contributed by atoms with E-state index in [0.717, 1.165) is 37.0 Å². The first-order valence-electron chi connectivity index (χ1n) is 11.4. The number of hydrogen-bond acceptors (Lipinski definition) is 3. The van der Waals surface area contributed by atoms with Crippen LogP contribution in [-0.4, -0.2) is 22.8 Å². The van der Waals surface area contributed by atoms with Crippen LogP contribution in [-0.2, 0) is 6.42 Å². The number of aryl methyl sites for hydroxylation is 1. The Balaban J connectivity index is 1.59. The molecule has 2 unspecified atom stereocenters. The summed E-state index contributed by atoms with van der Waals surface area (Å²) in [5.41, 5.74) is 2.58. The van der Waals surface area contributed by atoms with Gasteiger partial charge >= 0.3 is 5.97 Å². The molecule has 0 bridgehead atoms. The quantitative estimate of drug-likeness (QED) is 0.294. The number of rotatable bonds is 12. The first-order chi connectivity index (χ1) is 15.0. The zero-order valence-electron chi connectivity index (χ0n) is 18.2. The van der Waals surface area contributed by atoms with E-state index in [4.69, 9.17) is 5.11 Å². The smallest absolute Gasteiger partial charge is 0.345 e. The van der Waals surface area contributed by atoms with E-state index >= 15 is 0 Å². The summed E-state index contributed by atoms with van der Waals surface area (Å²) in [7, 11) is 0. The van der Waals surface area contributed by atoms with E-state index in [2.05, 4.69) is 53.2 Å². The number of aromatic carboxylic acids is 1. The lowest BCUT2D eigenvalue weighted by Gasteiger charge is -2.23. The first kappa shape index (κ1) is 24.2. The summed E-state index contributed by atoms with van der Waals surface area (Å²) in [5.74, 6) is 0.356. The van der Waals surface area contributed by atoms with Gasteiger partial charge in [-0.15, -0.1) is 11.3 Å². The molecule has 1 aromatic heterocycles. The maximum atomic E-state index is 11.1. The standard InChI is InChI=1S/C26H33BrO3S/c1-2-3-4-6-21(17-28)18-9-11-20(12-10-18)25-19(13-15-23(25)27)7-5-8-22-14-16-24(31-22)26(29)30/h9-12,14-16,19,21,25,28H,2-8,13,17H2,1H3,(H,29,30)/t19-,21?,25?/m0/s1. The summed E-state index contributed by atoms with van der Waals surface area (Å²) in [5, 5.41) is 18.9. The summed E-state index contributed by atoms with van der Waals surface area (Å²) in [6, 6.07) is 12.6. The number of benzene rings is 1. The second-order valence-electron chi connectivity index (χ2n) is 8.57. The predicted octanol–water partition coefficient (Wildman–Crippen LogP) is 7.51. The molecule has 1 heterocycles. The van der Waals surface area contributed by atoms with Gasteiger partial charge in [-0.05, 0) is 65.8 Å². The van der Waals surface area contributed by atoms with Crippen LogP contribution in [0.15, 0.2) is 47.0 Å². The Kier molecular flexibility index (Phi) is 9.36. The average molecular weight is 506 g/mol. The minimum atomic E-state index is -0.836. The zero-order valence-corrected chi connectivity index (χ0v) is 20.6. The van der Waals surface area contributed by atoms with Crippen molar-refractivity contribution in [2.24, 2.45) is 5.92 Å². The van der Waals surface area contributed by atoms with Crippen molar-refractivity contribution in [2.75, 3.05) is 6.61 Å². The molecule has 3 rings (SSSR count). The highest BCUT2D eigenvalue weighted by molar-refractivity contribution is 9.11. The molecule has 1 aliphatic carbocycles. The molecule has 0 aliphatic heterocycles. The molecule has 3 nitrogen and oxygen atoms in total. The van der Waals surface area contributed by atoms with Crippen LogP contribution in [0.5, 0.6) is 0 Å². The van der Waals surface area contributed by atoms with Crippen LogP contribution >= 0.6 is 27.3 Å². The molecule has 2 N–H and O–H groups in total. The van der Waals surface area contributed by atoms with Gasteiger partial charge in [-0.25, -0.2) is 4.79 Å². The van der Waals surface area contributed by atoms with Crippen LogP contribution in [0.3, 0.4) is 0 Å². The summed E-state index contributed by atoms with van der Waals surface area (Å²) in [6.07, 6.45) is 11.1. The fraction of sp³-hybridized carbons (Fsp3) is 0.500. The van der Waals surface area contributed by atoms with Gasteiger partial charge in [0.1, 0.15) is 4.88 Å². The molecule has 168 valence electrons. The van der Waals surface area contributed by atoms with Gasteiger partial charge < -0.3 is 10.2 Å². The number of unbranched alkanes of at least 4 members (excludes halogenated alkanes) is 2. The van der Waals surface area contributed by atoms with Crippen LogP contribution in [0.1, 0.15) is 89.4 Å². The summed E-state index contributed by atoms with van der Waals surface area (Å²) in [4.78, 5) is 12.6. The minimum absolute atomic E-state index is 0.213. The Morgan fingerprint density at radius 1 is 1.16 bits per heavy atom. The molecule has 0 amide bonds. The Bertz CT molecular complexity index is 871. The van der Waals surface area contributed by atoms with Gasteiger partial charge in [-0.2, -0.15) is 0 Å². The third kappa shape index (κ3) is 6.53. The van der Waals surface area contributed by atoms with Gasteiger partial charge in [-0.3, -0.25) is 0 Å². The van der Waals surface area contributed by atoms with Gasteiger partial charge in [0.25, 0.3) is 0 Å². The highest BCUT2D eigenvalue weighted by Gasteiger charge is 2.29. The highest BCUT2D eigenvalue weighted by atomic mass is 79.9. The van der Waals surface area contributed by atoms with Crippen molar-refractivity contribution in [3.63, 3.8) is 0 Å². The van der Waals surface area contributed by atoms with Crippen molar-refractivity contribution in [3.05, 3.63) is 67.8 Å². The second-order valence-corrected chi connectivity index (χ2v) is 10.7. The highest BCUT2D eigenvalue weighted by Crippen LogP contribution is 2.45. The normalized spacial score (nSPS) is 19.4. The molecule has 0 saturated carbocycles. The Hall–Kier alpha value is -1.43.